The Morgan fingerprint density at radius 1 is 1.32 bits per heavy atom. The predicted octanol–water partition coefficient (Wildman–Crippen LogP) is 2.95. The van der Waals surface area contributed by atoms with Crippen LogP contribution in [0.15, 0.2) is 36.4 Å². The van der Waals surface area contributed by atoms with Gasteiger partial charge in [0.1, 0.15) is 11.8 Å². The van der Waals surface area contributed by atoms with Crippen molar-refractivity contribution < 1.29 is 15.0 Å². The highest BCUT2D eigenvalue weighted by atomic mass is 32.2. The summed E-state index contributed by atoms with van der Waals surface area (Å²) in [5.41, 5.74) is 4.02. The number of phenolic OH excluding ortho intramolecular Hbond substituents is 1. The number of nitrogens with zero attached hydrogens (tertiary/aromatic N) is 1. The summed E-state index contributed by atoms with van der Waals surface area (Å²) in [7, 11) is 0. The Labute approximate surface area is 150 Å². The van der Waals surface area contributed by atoms with Gasteiger partial charge < -0.3 is 10.2 Å². The summed E-state index contributed by atoms with van der Waals surface area (Å²) >= 11 is 1.52. The molecule has 5 nitrogen and oxygen atoms in total. The molecule has 25 heavy (non-hydrogen) atoms. The average Bonchev–Trinajstić information content (AvgIpc) is 3.08. The minimum atomic E-state index is -0.859. The van der Waals surface area contributed by atoms with Gasteiger partial charge in [0.25, 0.3) is 0 Å². The summed E-state index contributed by atoms with van der Waals surface area (Å²) in [4.78, 5) is 11.1. The van der Waals surface area contributed by atoms with Gasteiger partial charge in [0.05, 0.1) is 17.0 Å². The predicted molar refractivity (Wildman–Crippen MR) is 96.6 cm³/mol. The molecule has 0 aromatic heterocycles. The second-order valence-corrected chi connectivity index (χ2v) is 7.25. The molecule has 3 rings (SSSR count). The molecular weight excluding hydrogens is 336 g/mol. The molecule has 0 spiro atoms. The Bertz CT molecular complexity index is 860. The van der Waals surface area contributed by atoms with E-state index in [0.717, 1.165) is 22.3 Å². The number of nitrogens with one attached hydrogen (secondary N) is 1. The van der Waals surface area contributed by atoms with Crippen molar-refractivity contribution in [2.75, 3.05) is 5.75 Å². The van der Waals surface area contributed by atoms with Gasteiger partial charge >= 0.3 is 5.97 Å². The van der Waals surface area contributed by atoms with E-state index in [-0.39, 0.29) is 11.1 Å². The molecule has 0 amide bonds. The molecule has 1 heterocycles. The van der Waals surface area contributed by atoms with Gasteiger partial charge in [0.2, 0.25) is 0 Å². The number of hydrogen-bond acceptors (Lipinski definition) is 5. The Hall–Kier alpha value is -2.49. The molecule has 2 aromatic carbocycles. The van der Waals surface area contributed by atoms with Crippen LogP contribution >= 0.6 is 11.8 Å². The van der Waals surface area contributed by atoms with Crippen LogP contribution in [0.3, 0.4) is 0 Å². The van der Waals surface area contributed by atoms with Gasteiger partial charge in [-0.2, -0.15) is 5.26 Å². The maximum Gasteiger partial charge on any atom is 0.321 e. The van der Waals surface area contributed by atoms with E-state index in [1.54, 1.807) is 12.1 Å². The number of nitriles is 1. The third-order valence-corrected chi connectivity index (χ3v) is 5.53. The highest BCUT2D eigenvalue weighted by molar-refractivity contribution is 7.99. The molecule has 1 saturated heterocycles. The summed E-state index contributed by atoms with van der Waals surface area (Å²) in [6.07, 6.45) is 0.471. The molecule has 1 fully saturated rings. The molecule has 2 atom stereocenters. The Morgan fingerprint density at radius 2 is 2.08 bits per heavy atom. The van der Waals surface area contributed by atoms with E-state index in [1.165, 1.54) is 11.8 Å². The molecule has 0 aliphatic carbocycles. The van der Waals surface area contributed by atoms with Crippen LogP contribution in [0, 0.1) is 18.3 Å². The van der Waals surface area contributed by atoms with Crippen molar-refractivity contribution in [3.05, 3.63) is 64.2 Å². The van der Waals surface area contributed by atoms with E-state index in [4.69, 9.17) is 5.11 Å². The first kappa shape index (κ1) is 17.3. The third-order valence-electron chi connectivity index (χ3n) is 4.26. The Morgan fingerprint density at radius 3 is 2.72 bits per heavy atom. The number of phenols is 1. The van der Waals surface area contributed by atoms with Crippen LogP contribution in [0.4, 0.5) is 0 Å². The quantitative estimate of drug-likeness (QED) is 0.782. The summed E-state index contributed by atoms with van der Waals surface area (Å²) in [6, 6.07) is 12.7. The van der Waals surface area contributed by atoms with Crippen molar-refractivity contribution >= 4 is 17.7 Å². The van der Waals surface area contributed by atoms with Crippen LogP contribution in [0.25, 0.3) is 0 Å². The number of aliphatic carboxylic acids is 1. The number of aromatic hydroxyl groups is 1. The molecule has 1 aliphatic rings. The van der Waals surface area contributed by atoms with E-state index in [2.05, 4.69) is 11.4 Å². The highest BCUT2D eigenvalue weighted by Crippen LogP contribution is 2.34. The first-order valence-electron chi connectivity index (χ1n) is 7.90. The van der Waals surface area contributed by atoms with E-state index < -0.39 is 12.0 Å². The first-order valence-corrected chi connectivity index (χ1v) is 8.94. The van der Waals surface area contributed by atoms with E-state index in [9.17, 15) is 15.2 Å². The molecule has 0 saturated carbocycles. The minimum absolute atomic E-state index is 0.130. The van der Waals surface area contributed by atoms with Crippen molar-refractivity contribution in [3.63, 3.8) is 0 Å². The fourth-order valence-electron chi connectivity index (χ4n) is 2.85. The normalized spacial score (nSPS) is 19.5. The van der Waals surface area contributed by atoms with Crippen LogP contribution in [-0.2, 0) is 11.2 Å². The van der Waals surface area contributed by atoms with Gasteiger partial charge in [0, 0.05) is 12.2 Å². The number of rotatable bonds is 4. The van der Waals surface area contributed by atoms with Crippen LogP contribution in [0.5, 0.6) is 5.75 Å². The second-order valence-electron chi connectivity index (χ2n) is 6.11. The van der Waals surface area contributed by atoms with Crippen LogP contribution in [0.2, 0.25) is 0 Å². The van der Waals surface area contributed by atoms with Crippen LogP contribution in [-0.4, -0.2) is 28.0 Å². The lowest BCUT2D eigenvalue weighted by Crippen LogP contribution is -2.33. The topological polar surface area (TPSA) is 93.4 Å². The Balaban J connectivity index is 1.83. The molecule has 0 radical (unpaired) electrons. The van der Waals surface area contributed by atoms with E-state index >= 15 is 0 Å². The fourth-order valence-corrected chi connectivity index (χ4v) is 4.07. The zero-order valence-electron chi connectivity index (χ0n) is 13.7. The summed E-state index contributed by atoms with van der Waals surface area (Å²) < 4.78 is 0. The number of carboxylic acid groups (broad SMARTS) is 1. The van der Waals surface area contributed by atoms with Gasteiger partial charge in [0.15, 0.2) is 0 Å². The maximum atomic E-state index is 11.1. The van der Waals surface area contributed by atoms with Crippen LogP contribution in [0.1, 0.15) is 33.2 Å². The molecule has 0 bridgehead atoms. The monoisotopic (exact) mass is 354 g/mol. The zero-order valence-corrected chi connectivity index (χ0v) is 14.5. The van der Waals surface area contributed by atoms with Crippen molar-refractivity contribution in [2.45, 2.75) is 24.8 Å². The lowest BCUT2D eigenvalue weighted by molar-refractivity contribution is -0.138. The summed E-state index contributed by atoms with van der Waals surface area (Å²) in [6.45, 7) is 1.91. The first-order chi connectivity index (χ1) is 12.0. The molecule has 3 N–H and O–H groups in total. The number of benzene rings is 2. The van der Waals surface area contributed by atoms with Gasteiger partial charge in [-0.05, 0) is 41.3 Å². The average molecular weight is 354 g/mol. The number of carboxylic acids is 1. The minimum Gasteiger partial charge on any atom is -0.508 e. The molecule has 6 heteroatoms. The van der Waals surface area contributed by atoms with Crippen molar-refractivity contribution in [1.82, 2.24) is 5.32 Å². The van der Waals surface area contributed by atoms with E-state index in [1.807, 2.05) is 31.2 Å². The maximum absolute atomic E-state index is 11.1. The Kier molecular flexibility index (Phi) is 4.98. The lowest BCUT2D eigenvalue weighted by Gasteiger charge is -2.14. The van der Waals surface area contributed by atoms with Gasteiger partial charge in [-0.3, -0.25) is 10.1 Å². The molecular formula is C19H18N2O3S. The number of aryl methyl sites for hydroxylation is 1. The van der Waals surface area contributed by atoms with Crippen molar-refractivity contribution in [1.29, 1.82) is 5.26 Å². The number of thioether (sulfide) groups is 1. The molecule has 2 unspecified atom stereocenters. The summed E-state index contributed by atoms with van der Waals surface area (Å²) in [5, 5.41) is 31.6. The molecule has 2 aromatic rings. The largest absolute Gasteiger partial charge is 0.508 e. The lowest BCUT2D eigenvalue weighted by atomic mass is 9.97. The van der Waals surface area contributed by atoms with Gasteiger partial charge in [-0.25, -0.2) is 0 Å². The van der Waals surface area contributed by atoms with Crippen LogP contribution < -0.4 is 5.32 Å². The van der Waals surface area contributed by atoms with E-state index in [0.29, 0.717) is 17.7 Å². The standard InChI is InChI=1S/C19H18N2O3S/c1-11-2-3-13(17(22)6-11)7-12-4-5-14(8-15(12)9-20)18-21-16(10-25-18)19(23)24/h2-6,8,16,18,21-22H,7,10H2,1H3,(H,23,24). The highest BCUT2D eigenvalue weighted by Gasteiger charge is 2.30. The SMILES string of the molecule is Cc1ccc(Cc2ccc(C3NC(C(=O)O)CS3)cc2C#N)c(O)c1. The second kappa shape index (κ2) is 7.18. The molecule has 1 aliphatic heterocycles. The molecule has 128 valence electrons. The third kappa shape index (κ3) is 3.78. The number of hydrogen-bond donors (Lipinski definition) is 3. The summed E-state index contributed by atoms with van der Waals surface area (Å²) in [5.74, 6) is -0.131. The zero-order chi connectivity index (χ0) is 18.0. The van der Waals surface area contributed by atoms with Gasteiger partial charge in [-0.15, -0.1) is 11.8 Å². The fraction of sp³-hybridized carbons (Fsp3) is 0.263. The van der Waals surface area contributed by atoms with Crippen molar-refractivity contribution in [3.8, 4) is 11.8 Å². The van der Waals surface area contributed by atoms with Gasteiger partial charge in [-0.1, -0.05) is 24.3 Å². The van der Waals surface area contributed by atoms with Crippen molar-refractivity contribution in [2.24, 2.45) is 0 Å². The smallest absolute Gasteiger partial charge is 0.321 e. The number of carbonyl (C=O) groups is 1.